The lowest BCUT2D eigenvalue weighted by molar-refractivity contribution is -0.141. The lowest BCUT2D eigenvalue weighted by atomic mass is 9.97. The van der Waals surface area contributed by atoms with E-state index in [0.717, 1.165) is 18.1 Å². The van der Waals surface area contributed by atoms with Crippen LogP contribution in [0.3, 0.4) is 0 Å². The SMILES string of the molecule is C=CC(=O)OCCO[Si](C)(C)OC(=O)C(C)c1ccc(CC(C)C)cc1. The van der Waals surface area contributed by atoms with Crippen molar-refractivity contribution in [3.05, 3.63) is 48.0 Å². The van der Waals surface area contributed by atoms with Crippen LogP contribution in [0.4, 0.5) is 0 Å². The molecule has 0 spiro atoms. The molecule has 0 radical (unpaired) electrons. The summed E-state index contributed by atoms with van der Waals surface area (Å²) in [4.78, 5) is 23.4. The van der Waals surface area contributed by atoms with Gasteiger partial charge in [-0.25, -0.2) is 4.79 Å². The van der Waals surface area contributed by atoms with Crippen LogP contribution in [0.25, 0.3) is 0 Å². The molecule has 1 aromatic carbocycles. The zero-order valence-electron chi connectivity index (χ0n) is 16.4. The van der Waals surface area contributed by atoms with E-state index in [-0.39, 0.29) is 25.1 Å². The van der Waals surface area contributed by atoms with Crippen molar-refractivity contribution in [3.8, 4) is 0 Å². The molecule has 0 aromatic heterocycles. The third kappa shape index (κ3) is 7.97. The number of rotatable bonds is 10. The molecule has 0 fully saturated rings. The summed E-state index contributed by atoms with van der Waals surface area (Å²) < 4.78 is 16.1. The van der Waals surface area contributed by atoms with Crippen molar-refractivity contribution in [1.82, 2.24) is 0 Å². The van der Waals surface area contributed by atoms with E-state index in [0.29, 0.717) is 5.92 Å². The van der Waals surface area contributed by atoms with Gasteiger partial charge in [0.25, 0.3) is 0 Å². The Labute approximate surface area is 157 Å². The van der Waals surface area contributed by atoms with E-state index in [2.05, 4.69) is 32.6 Å². The number of esters is 1. The molecule has 0 amide bonds. The number of hydrogen-bond donors (Lipinski definition) is 0. The molecule has 0 aliphatic carbocycles. The minimum Gasteiger partial charge on any atom is -0.494 e. The quantitative estimate of drug-likeness (QED) is 0.267. The highest BCUT2D eigenvalue weighted by molar-refractivity contribution is 6.66. The van der Waals surface area contributed by atoms with Gasteiger partial charge in [0.05, 0.1) is 12.5 Å². The van der Waals surface area contributed by atoms with Crippen molar-refractivity contribution in [1.29, 1.82) is 0 Å². The first kappa shape index (κ1) is 22.1. The standard InChI is InChI=1S/C20H30O5Si/c1-7-19(21)23-12-13-24-26(5,6)25-20(22)16(4)18-10-8-17(9-11-18)14-15(2)3/h7-11,15-16H,1,12-14H2,2-6H3. The maximum absolute atomic E-state index is 12.4. The van der Waals surface area contributed by atoms with Crippen molar-refractivity contribution < 1.29 is 23.2 Å². The highest BCUT2D eigenvalue weighted by atomic mass is 28.4. The van der Waals surface area contributed by atoms with Gasteiger partial charge in [-0.05, 0) is 43.5 Å². The fourth-order valence-electron chi connectivity index (χ4n) is 2.40. The minimum atomic E-state index is -2.64. The van der Waals surface area contributed by atoms with Gasteiger partial charge in [0.1, 0.15) is 6.61 Å². The maximum Gasteiger partial charge on any atom is 0.395 e. The number of benzene rings is 1. The molecule has 1 aromatic rings. The Balaban J connectivity index is 2.53. The van der Waals surface area contributed by atoms with E-state index in [1.54, 1.807) is 13.1 Å². The van der Waals surface area contributed by atoms with E-state index < -0.39 is 14.5 Å². The van der Waals surface area contributed by atoms with Crippen LogP contribution < -0.4 is 0 Å². The molecule has 0 aliphatic rings. The minimum absolute atomic E-state index is 0.103. The van der Waals surface area contributed by atoms with Crippen molar-refractivity contribution in [2.45, 2.75) is 46.2 Å². The zero-order chi connectivity index (χ0) is 19.7. The van der Waals surface area contributed by atoms with Gasteiger partial charge in [-0.2, -0.15) is 0 Å². The summed E-state index contributed by atoms with van der Waals surface area (Å²) in [6.45, 7) is 13.4. The molecule has 26 heavy (non-hydrogen) atoms. The summed E-state index contributed by atoms with van der Waals surface area (Å²) in [5.74, 6) is -0.573. The molecule has 0 N–H and O–H groups in total. The van der Waals surface area contributed by atoms with Crippen LogP contribution in [0, 0.1) is 5.92 Å². The van der Waals surface area contributed by atoms with Gasteiger partial charge in [-0.1, -0.05) is 44.7 Å². The Hall–Kier alpha value is -1.92. The van der Waals surface area contributed by atoms with Gasteiger partial charge in [-0.15, -0.1) is 0 Å². The van der Waals surface area contributed by atoms with Crippen LogP contribution in [-0.4, -0.2) is 33.7 Å². The second kappa shape index (κ2) is 10.3. The topological polar surface area (TPSA) is 61.8 Å². The van der Waals surface area contributed by atoms with Crippen LogP contribution in [0.5, 0.6) is 0 Å². The molecular weight excluding hydrogens is 348 g/mol. The molecule has 0 aliphatic heterocycles. The predicted molar refractivity (Wildman–Crippen MR) is 104 cm³/mol. The Morgan fingerprint density at radius 2 is 1.73 bits per heavy atom. The van der Waals surface area contributed by atoms with Crippen molar-refractivity contribution in [2.24, 2.45) is 5.92 Å². The molecule has 0 saturated carbocycles. The number of ether oxygens (including phenoxy) is 1. The summed E-state index contributed by atoms with van der Waals surface area (Å²) >= 11 is 0. The van der Waals surface area contributed by atoms with Crippen LogP contribution >= 0.6 is 0 Å². The normalized spacial score (nSPS) is 12.5. The van der Waals surface area contributed by atoms with Gasteiger partial charge in [0, 0.05) is 6.08 Å². The largest absolute Gasteiger partial charge is 0.494 e. The van der Waals surface area contributed by atoms with Crippen molar-refractivity contribution >= 4 is 20.5 Å². The van der Waals surface area contributed by atoms with Crippen LogP contribution in [-0.2, 0) is 29.6 Å². The number of carbonyl (C=O) groups is 2. The maximum atomic E-state index is 12.4. The van der Waals surface area contributed by atoms with Crippen molar-refractivity contribution in [3.63, 3.8) is 0 Å². The van der Waals surface area contributed by atoms with E-state index in [9.17, 15) is 9.59 Å². The summed E-state index contributed by atoms with van der Waals surface area (Å²) in [7, 11) is -2.64. The fraction of sp³-hybridized carbons (Fsp3) is 0.500. The second-order valence-electron chi connectivity index (χ2n) is 7.10. The molecule has 0 bridgehead atoms. The van der Waals surface area contributed by atoms with Gasteiger partial charge >= 0.3 is 20.5 Å². The van der Waals surface area contributed by atoms with E-state index >= 15 is 0 Å². The number of carbonyl (C=O) groups excluding carboxylic acids is 2. The van der Waals surface area contributed by atoms with Gasteiger partial charge in [0.15, 0.2) is 0 Å². The Bertz CT molecular complexity index is 607. The lowest BCUT2D eigenvalue weighted by Crippen LogP contribution is -2.39. The highest BCUT2D eigenvalue weighted by Gasteiger charge is 2.31. The van der Waals surface area contributed by atoms with Gasteiger partial charge < -0.3 is 13.6 Å². The molecular formula is C20H30O5Si. The van der Waals surface area contributed by atoms with Gasteiger partial charge in [-0.3, -0.25) is 4.79 Å². The molecule has 6 heteroatoms. The van der Waals surface area contributed by atoms with E-state index in [1.165, 1.54) is 5.56 Å². The van der Waals surface area contributed by atoms with E-state index in [4.69, 9.17) is 13.6 Å². The van der Waals surface area contributed by atoms with Crippen LogP contribution in [0.2, 0.25) is 13.1 Å². The average Bonchev–Trinajstić information content (AvgIpc) is 2.57. The molecule has 1 unspecified atom stereocenters. The monoisotopic (exact) mass is 378 g/mol. The smallest absolute Gasteiger partial charge is 0.395 e. The molecule has 0 heterocycles. The van der Waals surface area contributed by atoms with Crippen molar-refractivity contribution in [2.75, 3.05) is 13.2 Å². The lowest BCUT2D eigenvalue weighted by Gasteiger charge is -2.24. The third-order valence-corrected chi connectivity index (χ3v) is 5.36. The van der Waals surface area contributed by atoms with Gasteiger partial charge in [0.2, 0.25) is 0 Å². The first-order valence-electron chi connectivity index (χ1n) is 8.89. The molecule has 1 atom stereocenters. The predicted octanol–water partition coefficient (Wildman–Crippen LogP) is 3.98. The zero-order valence-corrected chi connectivity index (χ0v) is 17.4. The fourth-order valence-corrected chi connectivity index (χ4v) is 3.69. The first-order chi connectivity index (χ1) is 12.1. The summed E-state index contributed by atoms with van der Waals surface area (Å²) in [6, 6.07) is 8.08. The van der Waals surface area contributed by atoms with Crippen LogP contribution in [0.15, 0.2) is 36.9 Å². The summed E-state index contributed by atoms with van der Waals surface area (Å²) in [5.41, 5.74) is 2.18. The summed E-state index contributed by atoms with van der Waals surface area (Å²) in [6.07, 6.45) is 2.11. The first-order valence-corrected chi connectivity index (χ1v) is 11.7. The molecule has 1 rings (SSSR count). The Morgan fingerprint density at radius 1 is 1.12 bits per heavy atom. The van der Waals surface area contributed by atoms with E-state index in [1.807, 2.05) is 19.1 Å². The Morgan fingerprint density at radius 3 is 2.27 bits per heavy atom. The summed E-state index contributed by atoms with van der Waals surface area (Å²) in [5, 5.41) is 0. The molecule has 144 valence electrons. The van der Waals surface area contributed by atoms with Crippen LogP contribution in [0.1, 0.15) is 37.8 Å². The molecule has 0 saturated heterocycles. The molecule has 5 nitrogen and oxygen atoms in total. The average molecular weight is 379 g/mol. The third-order valence-electron chi connectivity index (χ3n) is 3.77. The highest BCUT2D eigenvalue weighted by Crippen LogP contribution is 2.21. The second-order valence-corrected chi connectivity index (χ2v) is 10.4. The Kier molecular flexibility index (Phi) is 8.75. The number of hydrogen-bond acceptors (Lipinski definition) is 5.